The standard InChI is InChI=1S/C14H20N4O2/c1-9-12(7-15-10(2)16-9)14(20)18-6-5-11(8-18)13(19)17(3)4/h7,11H,5-6,8H2,1-4H3/t11-/m1/s1. The van der Waals surface area contributed by atoms with Crippen LogP contribution >= 0.6 is 0 Å². The smallest absolute Gasteiger partial charge is 0.257 e. The number of aryl methyl sites for hydroxylation is 2. The lowest BCUT2D eigenvalue weighted by Crippen LogP contribution is -2.34. The molecule has 0 bridgehead atoms. The van der Waals surface area contributed by atoms with Gasteiger partial charge in [0.15, 0.2) is 0 Å². The van der Waals surface area contributed by atoms with Gasteiger partial charge in [0.05, 0.1) is 17.2 Å². The van der Waals surface area contributed by atoms with Gasteiger partial charge in [0, 0.05) is 33.4 Å². The average molecular weight is 276 g/mol. The Kier molecular flexibility index (Phi) is 4.01. The van der Waals surface area contributed by atoms with Crippen LogP contribution in [0, 0.1) is 19.8 Å². The normalized spacial score (nSPS) is 18.2. The Morgan fingerprint density at radius 1 is 1.35 bits per heavy atom. The van der Waals surface area contributed by atoms with Crippen molar-refractivity contribution in [1.82, 2.24) is 19.8 Å². The van der Waals surface area contributed by atoms with Crippen LogP contribution in [0.5, 0.6) is 0 Å². The highest BCUT2D eigenvalue weighted by Crippen LogP contribution is 2.20. The number of amides is 2. The van der Waals surface area contributed by atoms with Crippen molar-refractivity contribution in [2.75, 3.05) is 27.2 Å². The highest BCUT2D eigenvalue weighted by Gasteiger charge is 2.32. The SMILES string of the molecule is Cc1ncc(C(=O)N2CC[C@@H](C(=O)N(C)C)C2)c(C)n1. The molecule has 1 aromatic heterocycles. The molecule has 0 N–H and O–H groups in total. The Hall–Kier alpha value is -1.98. The minimum absolute atomic E-state index is 0.0807. The topological polar surface area (TPSA) is 66.4 Å². The van der Waals surface area contributed by atoms with E-state index in [-0.39, 0.29) is 17.7 Å². The Balaban J connectivity index is 2.10. The maximum absolute atomic E-state index is 12.4. The Morgan fingerprint density at radius 3 is 2.65 bits per heavy atom. The van der Waals surface area contributed by atoms with E-state index < -0.39 is 0 Å². The van der Waals surface area contributed by atoms with Crippen molar-refractivity contribution in [3.05, 3.63) is 23.3 Å². The van der Waals surface area contributed by atoms with Crippen molar-refractivity contribution < 1.29 is 9.59 Å². The summed E-state index contributed by atoms with van der Waals surface area (Å²) in [4.78, 5) is 36.0. The summed E-state index contributed by atoms with van der Waals surface area (Å²) in [6.45, 7) is 4.68. The van der Waals surface area contributed by atoms with E-state index >= 15 is 0 Å². The van der Waals surface area contributed by atoms with Crippen LogP contribution in [0.25, 0.3) is 0 Å². The average Bonchev–Trinajstić information content (AvgIpc) is 2.86. The first-order valence-electron chi connectivity index (χ1n) is 6.71. The lowest BCUT2D eigenvalue weighted by Gasteiger charge is -2.18. The van der Waals surface area contributed by atoms with Crippen molar-refractivity contribution in [2.24, 2.45) is 5.92 Å². The van der Waals surface area contributed by atoms with E-state index in [9.17, 15) is 9.59 Å². The zero-order chi connectivity index (χ0) is 14.9. The van der Waals surface area contributed by atoms with Gasteiger partial charge < -0.3 is 9.80 Å². The van der Waals surface area contributed by atoms with Crippen LogP contribution in [-0.2, 0) is 4.79 Å². The second kappa shape index (κ2) is 5.56. The third kappa shape index (κ3) is 2.79. The van der Waals surface area contributed by atoms with Crippen LogP contribution in [0.1, 0.15) is 28.3 Å². The lowest BCUT2D eigenvalue weighted by molar-refractivity contribution is -0.132. The molecular weight excluding hydrogens is 256 g/mol. The third-order valence-corrected chi connectivity index (χ3v) is 3.60. The fraction of sp³-hybridized carbons (Fsp3) is 0.571. The highest BCUT2D eigenvalue weighted by molar-refractivity contribution is 5.95. The predicted molar refractivity (Wildman–Crippen MR) is 74.2 cm³/mol. The summed E-state index contributed by atoms with van der Waals surface area (Å²) in [6, 6.07) is 0. The van der Waals surface area contributed by atoms with Gasteiger partial charge in [0.1, 0.15) is 5.82 Å². The zero-order valence-corrected chi connectivity index (χ0v) is 12.4. The van der Waals surface area contributed by atoms with Crippen LogP contribution in [-0.4, -0.2) is 58.8 Å². The zero-order valence-electron chi connectivity index (χ0n) is 12.4. The lowest BCUT2D eigenvalue weighted by atomic mass is 10.1. The predicted octanol–water partition coefficient (Wildman–Crippen LogP) is 0.644. The first-order valence-corrected chi connectivity index (χ1v) is 6.71. The summed E-state index contributed by atoms with van der Waals surface area (Å²) >= 11 is 0. The van der Waals surface area contributed by atoms with Gasteiger partial charge in [-0.15, -0.1) is 0 Å². The van der Waals surface area contributed by atoms with E-state index in [4.69, 9.17) is 0 Å². The number of rotatable bonds is 2. The van der Waals surface area contributed by atoms with Gasteiger partial charge in [-0.25, -0.2) is 9.97 Å². The van der Waals surface area contributed by atoms with Crippen LogP contribution in [0.4, 0.5) is 0 Å². The fourth-order valence-corrected chi connectivity index (χ4v) is 2.47. The molecule has 1 fully saturated rings. The van der Waals surface area contributed by atoms with Crippen molar-refractivity contribution in [3.63, 3.8) is 0 Å². The monoisotopic (exact) mass is 276 g/mol. The van der Waals surface area contributed by atoms with E-state index in [1.165, 1.54) is 0 Å². The molecule has 0 saturated carbocycles. The van der Waals surface area contributed by atoms with Crippen molar-refractivity contribution in [3.8, 4) is 0 Å². The number of nitrogens with zero attached hydrogens (tertiary/aromatic N) is 4. The fourth-order valence-electron chi connectivity index (χ4n) is 2.47. The second-order valence-electron chi connectivity index (χ2n) is 5.39. The number of carbonyl (C=O) groups is 2. The molecule has 6 nitrogen and oxygen atoms in total. The van der Waals surface area contributed by atoms with Crippen LogP contribution in [0.15, 0.2) is 6.20 Å². The molecule has 108 valence electrons. The van der Waals surface area contributed by atoms with Gasteiger partial charge in [0.25, 0.3) is 5.91 Å². The first-order chi connectivity index (χ1) is 9.40. The van der Waals surface area contributed by atoms with Crippen LogP contribution in [0.3, 0.4) is 0 Å². The first kappa shape index (κ1) is 14.4. The molecule has 0 radical (unpaired) electrons. The molecule has 1 aliphatic heterocycles. The number of hydrogen-bond donors (Lipinski definition) is 0. The Morgan fingerprint density at radius 2 is 2.05 bits per heavy atom. The molecule has 0 spiro atoms. The summed E-state index contributed by atoms with van der Waals surface area (Å²) in [5, 5.41) is 0. The maximum atomic E-state index is 12.4. The molecule has 1 aliphatic rings. The van der Waals surface area contributed by atoms with Gasteiger partial charge in [-0.2, -0.15) is 0 Å². The molecule has 6 heteroatoms. The van der Waals surface area contributed by atoms with Gasteiger partial charge in [-0.05, 0) is 20.3 Å². The Bertz CT molecular complexity index is 542. The molecule has 0 unspecified atom stereocenters. The van der Waals surface area contributed by atoms with E-state index in [2.05, 4.69) is 9.97 Å². The molecule has 2 amide bonds. The van der Waals surface area contributed by atoms with Crippen LogP contribution in [0.2, 0.25) is 0 Å². The van der Waals surface area contributed by atoms with E-state index in [0.29, 0.717) is 36.6 Å². The molecule has 1 aromatic rings. The van der Waals surface area contributed by atoms with Crippen LogP contribution < -0.4 is 0 Å². The highest BCUT2D eigenvalue weighted by atomic mass is 16.2. The second-order valence-corrected chi connectivity index (χ2v) is 5.39. The van der Waals surface area contributed by atoms with Crippen molar-refractivity contribution >= 4 is 11.8 Å². The summed E-state index contributed by atoms with van der Waals surface area (Å²) in [5.41, 5.74) is 1.21. The third-order valence-electron chi connectivity index (χ3n) is 3.60. The molecule has 0 aliphatic carbocycles. The molecule has 1 atom stereocenters. The number of aromatic nitrogens is 2. The summed E-state index contributed by atoms with van der Waals surface area (Å²) < 4.78 is 0. The summed E-state index contributed by atoms with van der Waals surface area (Å²) in [7, 11) is 3.48. The van der Waals surface area contributed by atoms with Crippen molar-refractivity contribution in [2.45, 2.75) is 20.3 Å². The quantitative estimate of drug-likeness (QED) is 0.795. The van der Waals surface area contributed by atoms with E-state index in [0.717, 1.165) is 0 Å². The van der Waals surface area contributed by atoms with Gasteiger partial charge >= 0.3 is 0 Å². The molecule has 0 aromatic carbocycles. The van der Waals surface area contributed by atoms with E-state index in [1.807, 2.05) is 0 Å². The molecule has 2 rings (SSSR count). The number of hydrogen-bond acceptors (Lipinski definition) is 4. The van der Waals surface area contributed by atoms with Gasteiger partial charge in [-0.1, -0.05) is 0 Å². The minimum Gasteiger partial charge on any atom is -0.349 e. The van der Waals surface area contributed by atoms with Crippen molar-refractivity contribution in [1.29, 1.82) is 0 Å². The number of likely N-dealkylation sites (tertiary alicyclic amines) is 1. The van der Waals surface area contributed by atoms with Gasteiger partial charge in [-0.3, -0.25) is 9.59 Å². The van der Waals surface area contributed by atoms with E-state index in [1.54, 1.807) is 43.9 Å². The summed E-state index contributed by atoms with van der Waals surface area (Å²) in [6.07, 6.45) is 2.29. The molecule has 20 heavy (non-hydrogen) atoms. The minimum atomic E-state index is -0.0966. The molecular formula is C14H20N4O2. The molecule has 1 saturated heterocycles. The maximum Gasteiger partial charge on any atom is 0.257 e. The summed E-state index contributed by atoms with van der Waals surface area (Å²) in [5.74, 6) is 0.551. The number of carbonyl (C=O) groups excluding carboxylic acids is 2. The largest absolute Gasteiger partial charge is 0.349 e. The Labute approximate surface area is 118 Å². The molecule has 2 heterocycles. The van der Waals surface area contributed by atoms with Gasteiger partial charge in [0.2, 0.25) is 5.91 Å².